The van der Waals surface area contributed by atoms with E-state index >= 15 is 0 Å². The summed E-state index contributed by atoms with van der Waals surface area (Å²) in [5.74, 6) is 0.264. The zero-order chi connectivity index (χ0) is 18.5. The molecule has 144 valence electrons. The van der Waals surface area contributed by atoms with Gasteiger partial charge in [-0.2, -0.15) is 0 Å². The van der Waals surface area contributed by atoms with Crippen LogP contribution in [0, 0.1) is 0 Å². The first-order chi connectivity index (χ1) is 13.2. The number of hydrogen-bond acceptors (Lipinski definition) is 2. The van der Waals surface area contributed by atoms with Crippen LogP contribution < -0.4 is 0 Å². The van der Waals surface area contributed by atoms with E-state index in [4.69, 9.17) is 9.47 Å². The highest BCUT2D eigenvalue weighted by atomic mass is 16.7. The van der Waals surface area contributed by atoms with E-state index in [2.05, 4.69) is 67.6 Å². The zero-order valence-corrected chi connectivity index (χ0v) is 16.4. The number of benzene rings is 2. The van der Waals surface area contributed by atoms with Crippen LogP contribution in [-0.4, -0.2) is 43.1 Å². The molecule has 2 aliphatic rings. The summed E-state index contributed by atoms with van der Waals surface area (Å²) in [6, 6.07) is 21.5. The maximum atomic E-state index is 6.41. The molecule has 0 aliphatic carbocycles. The van der Waals surface area contributed by atoms with Gasteiger partial charge in [-0.05, 0) is 24.8 Å². The lowest BCUT2D eigenvalue weighted by Crippen LogP contribution is -2.54. The monoisotopic (exact) mass is 366 g/mol. The predicted octanol–water partition coefficient (Wildman–Crippen LogP) is 4.73. The molecule has 0 N–H and O–H groups in total. The molecule has 2 saturated heterocycles. The molecule has 2 aromatic rings. The van der Waals surface area contributed by atoms with Gasteiger partial charge in [-0.15, -0.1) is 0 Å². The van der Waals surface area contributed by atoms with E-state index in [1.807, 2.05) is 0 Å². The predicted molar refractivity (Wildman–Crippen MR) is 108 cm³/mol. The fraction of sp³-hybridized carbons (Fsp3) is 0.500. The van der Waals surface area contributed by atoms with Gasteiger partial charge in [0.05, 0.1) is 19.7 Å². The lowest BCUT2D eigenvalue weighted by molar-refractivity contribution is -0.947. The summed E-state index contributed by atoms with van der Waals surface area (Å²) in [6.07, 6.45) is 4.08. The first kappa shape index (κ1) is 18.7. The van der Waals surface area contributed by atoms with Crippen molar-refractivity contribution in [3.63, 3.8) is 0 Å². The Balaban J connectivity index is 1.41. The van der Waals surface area contributed by atoms with Crippen LogP contribution in [0.4, 0.5) is 0 Å². The molecule has 0 spiro atoms. The van der Waals surface area contributed by atoms with E-state index in [1.54, 1.807) is 0 Å². The highest BCUT2D eigenvalue weighted by molar-refractivity contribution is 5.19. The summed E-state index contributed by atoms with van der Waals surface area (Å²) >= 11 is 0. The van der Waals surface area contributed by atoms with E-state index in [0.717, 1.165) is 24.2 Å². The number of rotatable bonds is 6. The highest BCUT2D eigenvalue weighted by Crippen LogP contribution is 2.30. The smallest absolute Gasteiger partial charge is 0.165 e. The van der Waals surface area contributed by atoms with Crippen LogP contribution in [0.15, 0.2) is 60.7 Å². The molecule has 0 unspecified atom stereocenters. The lowest BCUT2D eigenvalue weighted by atomic mass is 10.0. The molecule has 4 rings (SSSR count). The van der Waals surface area contributed by atoms with E-state index in [-0.39, 0.29) is 18.3 Å². The van der Waals surface area contributed by atoms with Gasteiger partial charge in [0.2, 0.25) is 0 Å². The Morgan fingerprint density at radius 3 is 2.30 bits per heavy atom. The molecule has 2 aromatic carbocycles. The van der Waals surface area contributed by atoms with E-state index < -0.39 is 0 Å². The second kappa shape index (κ2) is 8.55. The Hall–Kier alpha value is -1.68. The number of ether oxygens (including phenoxy) is 2. The zero-order valence-electron chi connectivity index (χ0n) is 16.4. The Labute approximate surface area is 163 Å². The van der Waals surface area contributed by atoms with Crippen molar-refractivity contribution >= 4 is 0 Å². The van der Waals surface area contributed by atoms with Gasteiger partial charge in [0.15, 0.2) is 6.29 Å². The molecule has 0 aromatic heterocycles. The summed E-state index contributed by atoms with van der Waals surface area (Å²) in [7, 11) is 0. The normalized spacial score (nSPS) is 26.0. The maximum Gasteiger partial charge on any atom is 0.165 e. The van der Waals surface area contributed by atoms with Crippen molar-refractivity contribution in [1.29, 1.82) is 0 Å². The molecule has 3 atom stereocenters. The number of piperidine rings is 1. The highest BCUT2D eigenvalue weighted by Gasteiger charge is 2.39. The van der Waals surface area contributed by atoms with Gasteiger partial charge in [0.1, 0.15) is 19.2 Å². The average Bonchev–Trinajstić information content (AvgIpc) is 3.17. The van der Waals surface area contributed by atoms with Crippen molar-refractivity contribution in [2.75, 3.05) is 26.2 Å². The molecule has 0 amide bonds. The maximum absolute atomic E-state index is 6.41. The molecule has 2 heterocycles. The first-order valence-corrected chi connectivity index (χ1v) is 10.5. The van der Waals surface area contributed by atoms with Crippen LogP contribution in [0.5, 0.6) is 0 Å². The van der Waals surface area contributed by atoms with E-state index in [0.29, 0.717) is 0 Å². The topological polar surface area (TPSA) is 18.5 Å². The molecule has 3 nitrogen and oxygen atoms in total. The Bertz CT molecular complexity index is 697. The third-order valence-electron chi connectivity index (χ3n) is 6.22. The van der Waals surface area contributed by atoms with Crippen molar-refractivity contribution in [2.24, 2.45) is 0 Å². The quantitative estimate of drug-likeness (QED) is 0.688. The third-order valence-corrected chi connectivity index (χ3v) is 6.22. The van der Waals surface area contributed by atoms with Crippen molar-refractivity contribution < 1.29 is 14.0 Å². The standard InChI is InChI=1S/C24H32NO2/c1-20(22-13-7-3-8-14-22)24-26-19-23(27-24)18-25(15-9-4-10-16-25)17-21-11-5-2-6-12-21/h2-3,5-8,11-14,20,23-24H,4,9-10,15-19H2,1H3/q+1/t20-,23-,24+/m1/s1. The van der Waals surface area contributed by atoms with Crippen LogP contribution >= 0.6 is 0 Å². The van der Waals surface area contributed by atoms with Crippen molar-refractivity contribution in [2.45, 2.75) is 51.0 Å². The van der Waals surface area contributed by atoms with E-state index in [9.17, 15) is 0 Å². The Morgan fingerprint density at radius 1 is 0.926 bits per heavy atom. The molecule has 0 bridgehead atoms. The largest absolute Gasteiger partial charge is 0.349 e. The Kier molecular flexibility index (Phi) is 5.92. The molecule has 2 aliphatic heterocycles. The van der Waals surface area contributed by atoms with Gasteiger partial charge in [-0.1, -0.05) is 67.6 Å². The van der Waals surface area contributed by atoms with Gasteiger partial charge >= 0.3 is 0 Å². The molecule has 2 fully saturated rings. The van der Waals surface area contributed by atoms with Crippen molar-refractivity contribution in [3.8, 4) is 0 Å². The fourth-order valence-corrected chi connectivity index (χ4v) is 4.73. The number of nitrogens with zero attached hydrogens (tertiary/aromatic N) is 1. The fourth-order valence-electron chi connectivity index (χ4n) is 4.73. The van der Waals surface area contributed by atoms with Crippen LogP contribution in [0.1, 0.15) is 43.2 Å². The summed E-state index contributed by atoms with van der Waals surface area (Å²) in [5, 5.41) is 0. The average molecular weight is 367 g/mol. The molecule has 27 heavy (non-hydrogen) atoms. The minimum Gasteiger partial charge on any atom is -0.349 e. The minimum absolute atomic E-state index is 0.126. The first-order valence-electron chi connectivity index (χ1n) is 10.5. The molecular weight excluding hydrogens is 334 g/mol. The van der Waals surface area contributed by atoms with Crippen LogP contribution in [0.2, 0.25) is 0 Å². The summed E-state index contributed by atoms with van der Waals surface area (Å²) in [5.41, 5.74) is 2.72. The Morgan fingerprint density at radius 2 is 1.59 bits per heavy atom. The minimum atomic E-state index is -0.126. The van der Waals surface area contributed by atoms with Gasteiger partial charge < -0.3 is 14.0 Å². The SMILES string of the molecule is C[C@H](c1ccccc1)[C@H]1OC[C@@H](C[N+]2(Cc3ccccc3)CCCCC2)O1. The second-order valence-corrected chi connectivity index (χ2v) is 8.33. The molecular formula is C24H32NO2+. The molecule has 0 radical (unpaired) electrons. The number of quaternary nitrogens is 1. The molecule has 3 heteroatoms. The number of likely N-dealkylation sites (tertiary alicyclic amines) is 1. The third kappa shape index (κ3) is 4.60. The summed E-state index contributed by atoms with van der Waals surface area (Å²) in [6.45, 7) is 7.61. The van der Waals surface area contributed by atoms with E-state index in [1.165, 1.54) is 43.5 Å². The van der Waals surface area contributed by atoms with Crippen molar-refractivity contribution in [3.05, 3.63) is 71.8 Å². The van der Waals surface area contributed by atoms with Crippen molar-refractivity contribution in [1.82, 2.24) is 0 Å². The molecule has 0 saturated carbocycles. The second-order valence-electron chi connectivity index (χ2n) is 8.33. The van der Waals surface area contributed by atoms with Gasteiger partial charge in [-0.25, -0.2) is 0 Å². The lowest BCUT2D eigenvalue weighted by Gasteiger charge is -2.43. The van der Waals surface area contributed by atoms with Gasteiger partial charge in [0.25, 0.3) is 0 Å². The van der Waals surface area contributed by atoms with Crippen LogP contribution in [-0.2, 0) is 16.0 Å². The van der Waals surface area contributed by atoms with Gasteiger partial charge in [-0.3, -0.25) is 0 Å². The van der Waals surface area contributed by atoms with Crippen LogP contribution in [0.3, 0.4) is 0 Å². The van der Waals surface area contributed by atoms with Gasteiger partial charge in [0, 0.05) is 11.5 Å². The summed E-state index contributed by atoms with van der Waals surface area (Å²) < 4.78 is 13.6. The number of hydrogen-bond donors (Lipinski definition) is 0. The summed E-state index contributed by atoms with van der Waals surface area (Å²) in [4.78, 5) is 0. The van der Waals surface area contributed by atoms with Crippen LogP contribution in [0.25, 0.3) is 0 Å².